The molecule has 0 aromatic carbocycles. The molecule has 0 N–H and O–H groups in total. The van der Waals surface area contributed by atoms with Crippen molar-refractivity contribution in [2.45, 2.75) is 26.2 Å². The number of hydrogen-bond acceptors (Lipinski definition) is 5. The first-order valence-electron chi connectivity index (χ1n) is 5.49. The number of nitriles is 1. The van der Waals surface area contributed by atoms with Gasteiger partial charge in [0.15, 0.2) is 0 Å². The summed E-state index contributed by atoms with van der Waals surface area (Å²) in [7, 11) is 0. The summed E-state index contributed by atoms with van der Waals surface area (Å²) in [6.07, 6.45) is 2.62. The van der Waals surface area contributed by atoms with Crippen LogP contribution in [0.1, 0.15) is 26.2 Å². The van der Waals surface area contributed by atoms with Crippen LogP contribution in [0.25, 0.3) is 0 Å². The quantitative estimate of drug-likeness (QED) is 0.435. The monoisotopic (exact) mass is 245 g/mol. The Balaban J connectivity index is 3.15. The van der Waals surface area contributed by atoms with Gasteiger partial charge in [-0.2, -0.15) is 5.26 Å². The molecule has 0 amide bonds. The number of unbranched alkanes of at least 4 members (excludes halogenated alkanes) is 1. The molecule has 0 spiro atoms. The minimum Gasteiger partial charge on any atom is -0.463 e. The van der Waals surface area contributed by atoms with Gasteiger partial charge >= 0.3 is 5.97 Å². The van der Waals surface area contributed by atoms with Gasteiger partial charge in [0.1, 0.15) is 6.61 Å². The molecule has 92 valence electrons. The fourth-order valence-electron chi connectivity index (χ4n) is 0.878. The smallest absolute Gasteiger partial charge is 0.315 e. The molecular weight excluding hydrogens is 226 g/mol. The number of thioether (sulfide) groups is 1. The molecule has 0 fully saturated rings. The van der Waals surface area contributed by atoms with Crippen molar-refractivity contribution in [2.24, 2.45) is 0 Å². The second-order valence-electron chi connectivity index (χ2n) is 3.15. The van der Waals surface area contributed by atoms with Crippen LogP contribution in [-0.2, 0) is 14.3 Å². The molecule has 0 radical (unpaired) electrons. The minimum atomic E-state index is -0.234. The number of hydrogen-bond donors (Lipinski definition) is 0. The maximum absolute atomic E-state index is 11.1. The maximum atomic E-state index is 11.1. The highest BCUT2D eigenvalue weighted by atomic mass is 32.2. The average molecular weight is 245 g/mol. The first kappa shape index (κ1) is 15.3. The molecule has 0 aromatic rings. The first-order valence-corrected chi connectivity index (χ1v) is 6.64. The number of esters is 1. The van der Waals surface area contributed by atoms with Crippen molar-refractivity contribution < 1.29 is 14.3 Å². The molecule has 0 aliphatic rings. The standard InChI is InChI=1S/C11H19NO3S/c1-2-3-6-14-7-8-15-11(13)10-16-9-4-5-12/h2-4,6-10H2,1H3. The predicted molar refractivity (Wildman–Crippen MR) is 64.2 cm³/mol. The van der Waals surface area contributed by atoms with Crippen LogP contribution < -0.4 is 0 Å². The molecule has 5 heteroatoms. The van der Waals surface area contributed by atoms with Gasteiger partial charge in [0.05, 0.1) is 18.4 Å². The lowest BCUT2D eigenvalue weighted by Crippen LogP contribution is -2.13. The molecule has 16 heavy (non-hydrogen) atoms. The van der Waals surface area contributed by atoms with E-state index in [-0.39, 0.29) is 5.97 Å². The van der Waals surface area contributed by atoms with Gasteiger partial charge in [-0.1, -0.05) is 13.3 Å². The van der Waals surface area contributed by atoms with E-state index in [0.29, 0.717) is 31.1 Å². The van der Waals surface area contributed by atoms with Crippen LogP contribution in [0, 0.1) is 11.3 Å². The predicted octanol–water partition coefficient (Wildman–Crippen LogP) is 1.99. The SMILES string of the molecule is CCCCOCCOC(=O)CSCCC#N. The molecular formula is C11H19NO3S. The number of carbonyl (C=O) groups is 1. The topological polar surface area (TPSA) is 59.3 Å². The Kier molecular flexibility index (Phi) is 11.8. The van der Waals surface area contributed by atoms with E-state index in [1.807, 2.05) is 6.07 Å². The largest absolute Gasteiger partial charge is 0.463 e. The number of rotatable bonds is 10. The summed E-state index contributed by atoms with van der Waals surface area (Å²) in [4.78, 5) is 11.1. The summed E-state index contributed by atoms with van der Waals surface area (Å²) in [6.45, 7) is 3.61. The molecule has 4 nitrogen and oxygen atoms in total. The second-order valence-corrected chi connectivity index (χ2v) is 4.25. The molecule has 0 bridgehead atoms. The van der Waals surface area contributed by atoms with Crippen LogP contribution in [0.2, 0.25) is 0 Å². The van der Waals surface area contributed by atoms with Crippen molar-refractivity contribution in [3.63, 3.8) is 0 Å². The van der Waals surface area contributed by atoms with Crippen molar-refractivity contribution in [1.82, 2.24) is 0 Å². The van der Waals surface area contributed by atoms with E-state index in [9.17, 15) is 4.79 Å². The molecule has 0 saturated heterocycles. The number of carbonyl (C=O) groups excluding carboxylic acids is 1. The van der Waals surface area contributed by atoms with Crippen LogP contribution in [0.5, 0.6) is 0 Å². The molecule has 0 rings (SSSR count). The lowest BCUT2D eigenvalue weighted by atomic mass is 10.4. The van der Waals surface area contributed by atoms with Gasteiger partial charge in [-0.15, -0.1) is 11.8 Å². The third-order valence-electron chi connectivity index (χ3n) is 1.71. The van der Waals surface area contributed by atoms with Gasteiger partial charge in [0.2, 0.25) is 0 Å². The van der Waals surface area contributed by atoms with E-state index >= 15 is 0 Å². The molecule has 0 saturated carbocycles. The van der Waals surface area contributed by atoms with Gasteiger partial charge in [0, 0.05) is 18.8 Å². The Hall–Kier alpha value is -0.730. The van der Waals surface area contributed by atoms with Crippen molar-refractivity contribution >= 4 is 17.7 Å². The van der Waals surface area contributed by atoms with Crippen molar-refractivity contribution in [3.8, 4) is 6.07 Å². The van der Waals surface area contributed by atoms with Gasteiger partial charge in [-0.3, -0.25) is 4.79 Å². The molecule has 0 atom stereocenters. The molecule has 0 heterocycles. The van der Waals surface area contributed by atoms with Gasteiger partial charge in [-0.25, -0.2) is 0 Å². The molecule has 0 aliphatic heterocycles. The first-order chi connectivity index (χ1) is 7.81. The molecule has 0 unspecified atom stereocenters. The van der Waals surface area contributed by atoms with Gasteiger partial charge in [-0.05, 0) is 6.42 Å². The Morgan fingerprint density at radius 3 is 2.88 bits per heavy atom. The van der Waals surface area contributed by atoms with E-state index in [2.05, 4.69) is 6.92 Å². The number of nitrogens with zero attached hydrogens (tertiary/aromatic N) is 1. The Bertz CT molecular complexity index is 216. The fraction of sp³-hybridized carbons (Fsp3) is 0.818. The van der Waals surface area contributed by atoms with Crippen molar-refractivity contribution in [1.29, 1.82) is 5.26 Å². The third-order valence-corrected chi connectivity index (χ3v) is 2.64. The van der Waals surface area contributed by atoms with Gasteiger partial charge < -0.3 is 9.47 Å². The van der Waals surface area contributed by atoms with E-state index < -0.39 is 0 Å². The normalized spacial score (nSPS) is 9.75. The van der Waals surface area contributed by atoms with Crippen LogP contribution in [-0.4, -0.2) is 37.3 Å². The van der Waals surface area contributed by atoms with Crippen molar-refractivity contribution in [2.75, 3.05) is 31.3 Å². The van der Waals surface area contributed by atoms with Crippen LogP contribution in [0.4, 0.5) is 0 Å². The van der Waals surface area contributed by atoms with Crippen molar-refractivity contribution in [3.05, 3.63) is 0 Å². The average Bonchev–Trinajstić information content (AvgIpc) is 2.29. The molecule has 0 aromatic heterocycles. The summed E-state index contributed by atoms with van der Waals surface area (Å²) < 4.78 is 10.2. The molecule has 0 aliphatic carbocycles. The highest BCUT2D eigenvalue weighted by molar-refractivity contribution is 7.99. The highest BCUT2D eigenvalue weighted by Crippen LogP contribution is 2.02. The third kappa shape index (κ3) is 11.3. The summed E-state index contributed by atoms with van der Waals surface area (Å²) in [5.41, 5.74) is 0. The zero-order valence-corrected chi connectivity index (χ0v) is 10.6. The summed E-state index contributed by atoms with van der Waals surface area (Å²) in [6, 6.07) is 2.02. The summed E-state index contributed by atoms with van der Waals surface area (Å²) >= 11 is 1.42. The lowest BCUT2D eigenvalue weighted by molar-refractivity contribution is -0.141. The second kappa shape index (κ2) is 12.3. The Labute approximate surface area is 101 Å². The van der Waals surface area contributed by atoms with Crippen LogP contribution in [0.3, 0.4) is 0 Å². The summed E-state index contributed by atoms with van der Waals surface area (Å²) in [5.74, 6) is 0.761. The fourth-order valence-corrected chi connectivity index (χ4v) is 1.51. The Morgan fingerprint density at radius 1 is 1.38 bits per heavy atom. The zero-order valence-electron chi connectivity index (χ0n) is 9.74. The lowest BCUT2D eigenvalue weighted by Gasteiger charge is -2.05. The van der Waals surface area contributed by atoms with E-state index in [0.717, 1.165) is 19.4 Å². The maximum Gasteiger partial charge on any atom is 0.315 e. The minimum absolute atomic E-state index is 0.234. The van der Waals surface area contributed by atoms with Gasteiger partial charge in [0.25, 0.3) is 0 Å². The van der Waals surface area contributed by atoms with Crippen LogP contribution >= 0.6 is 11.8 Å². The highest BCUT2D eigenvalue weighted by Gasteiger charge is 2.02. The van der Waals surface area contributed by atoms with E-state index in [1.165, 1.54) is 11.8 Å². The summed E-state index contributed by atoms with van der Waals surface area (Å²) in [5, 5.41) is 8.28. The Morgan fingerprint density at radius 2 is 2.19 bits per heavy atom. The van der Waals surface area contributed by atoms with Crippen LogP contribution in [0.15, 0.2) is 0 Å². The van der Waals surface area contributed by atoms with E-state index in [1.54, 1.807) is 0 Å². The van der Waals surface area contributed by atoms with E-state index in [4.69, 9.17) is 14.7 Å². The zero-order chi connectivity index (χ0) is 12.1. The number of ether oxygens (including phenoxy) is 2.